The van der Waals surface area contributed by atoms with E-state index in [0.29, 0.717) is 13.1 Å². The first kappa shape index (κ1) is 13.4. The summed E-state index contributed by atoms with van der Waals surface area (Å²) in [7, 11) is 0. The van der Waals surface area contributed by atoms with E-state index in [0.717, 1.165) is 13.0 Å². The molecular formula is C10H23N3O. The number of nitrogens with two attached hydrogens (primary N) is 1. The second-order valence-corrected chi connectivity index (χ2v) is 3.46. The van der Waals surface area contributed by atoms with Crippen molar-refractivity contribution >= 4 is 5.91 Å². The van der Waals surface area contributed by atoms with Gasteiger partial charge in [0.2, 0.25) is 5.91 Å². The largest absolute Gasteiger partial charge is 0.355 e. The Hall–Kier alpha value is -0.610. The van der Waals surface area contributed by atoms with Gasteiger partial charge in [0.15, 0.2) is 0 Å². The number of hydrogen-bond acceptors (Lipinski definition) is 3. The van der Waals surface area contributed by atoms with Crippen LogP contribution >= 0.6 is 0 Å². The standard InChI is InChI=1S/C10H23N3O/c1-3-4-5-7-13-10(14)9(2)12-8-6-11/h9,12H,3-8,11H2,1-2H3,(H,13,14). The van der Waals surface area contributed by atoms with Crippen LogP contribution in [-0.2, 0) is 4.79 Å². The molecule has 0 aliphatic rings. The Bertz CT molecular complexity index is 150. The molecule has 0 bridgehead atoms. The van der Waals surface area contributed by atoms with E-state index in [4.69, 9.17) is 5.73 Å². The van der Waals surface area contributed by atoms with Crippen molar-refractivity contribution in [1.82, 2.24) is 10.6 Å². The van der Waals surface area contributed by atoms with Crippen molar-refractivity contribution in [2.75, 3.05) is 19.6 Å². The van der Waals surface area contributed by atoms with Gasteiger partial charge in [0, 0.05) is 19.6 Å². The normalized spacial score (nSPS) is 12.5. The first-order valence-corrected chi connectivity index (χ1v) is 5.43. The van der Waals surface area contributed by atoms with Gasteiger partial charge in [0.05, 0.1) is 6.04 Å². The number of amides is 1. The number of carbonyl (C=O) groups excluding carboxylic acids is 1. The maximum Gasteiger partial charge on any atom is 0.236 e. The molecule has 1 atom stereocenters. The molecule has 0 spiro atoms. The highest BCUT2D eigenvalue weighted by Crippen LogP contribution is 1.91. The summed E-state index contributed by atoms with van der Waals surface area (Å²) in [4.78, 5) is 11.4. The fraction of sp³-hybridized carbons (Fsp3) is 0.900. The molecule has 0 aliphatic heterocycles. The molecule has 4 N–H and O–H groups in total. The minimum absolute atomic E-state index is 0.0644. The summed E-state index contributed by atoms with van der Waals surface area (Å²) in [6.45, 7) is 6.02. The highest BCUT2D eigenvalue weighted by atomic mass is 16.2. The van der Waals surface area contributed by atoms with Gasteiger partial charge in [-0.15, -0.1) is 0 Å². The van der Waals surface area contributed by atoms with Crippen molar-refractivity contribution in [2.24, 2.45) is 5.73 Å². The van der Waals surface area contributed by atoms with Crippen LogP contribution in [0.5, 0.6) is 0 Å². The number of nitrogens with one attached hydrogen (secondary N) is 2. The predicted molar refractivity (Wildman–Crippen MR) is 59.1 cm³/mol. The Morgan fingerprint density at radius 3 is 2.64 bits per heavy atom. The monoisotopic (exact) mass is 201 g/mol. The molecule has 0 aromatic rings. The lowest BCUT2D eigenvalue weighted by atomic mass is 10.2. The smallest absolute Gasteiger partial charge is 0.236 e. The van der Waals surface area contributed by atoms with Crippen LogP contribution in [0, 0.1) is 0 Å². The molecule has 1 amide bonds. The summed E-state index contributed by atoms with van der Waals surface area (Å²) >= 11 is 0. The summed E-state index contributed by atoms with van der Waals surface area (Å²) in [5, 5.41) is 5.92. The molecule has 0 saturated heterocycles. The summed E-state index contributed by atoms with van der Waals surface area (Å²) in [6, 6.07) is -0.139. The molecule has 14 heavy (non-hydrogen) atoms. The Labute approximate surface area is 86.6 Å². The Morgan fingerprint density at radius 1 is 1.36 bits per heavy atom. The van der Waals surface area contributed by atoms with Crippen LogP contribution in [0.1, 0.15) is 33.1 Å². The van der Waals surface area contributed by atoms with Crippen LogP contribution in [0.2, 0.25) is 0 Å². The molecule has 0 saturated carbocycles. The molecule has 1 unspecified atom stereocenters. The highest BCUT2D eigenvalue weighted by molar-refractivity contribution is 5.81. The predicted octanol–water partition coefficient (Wildman–Crippen LogP) is 0.230. The zero-order valence-corrected chi connectivity index (χ0v) is 9.31. The number of hydrogen-bond donors (Lipinski definition) is 3. The molecule has 0 aromatic heterocycles. The zero-order chi connectivity index (χ0) is 10.8. The topological polar surface area (TPSA) is 67.2 Å². The van der Waals surface area contributed by atoms with Crippen LogP contribution in [-0.4, -0.2) is 31.6 Å². The van der Waals surface area contributed by atoms with Gasteiger partial charge < -0.3 is 16.4 Å². The Morgan fingerprint density at radius 2 is 2.07 bits per heavy atom. The van der Waals surface area contributed by atoms with E-state index in [1.165, 1.54) is 12.8 Å². The third kappa shape index (κ3) is 6.86. The van der Waals surface area contributed by atoms with Crippen LogP contribution < -0.4 is 16.4 Å². The quantitative estimate of drug-likeness (QED) is 0.492. The van der Waals surface area contributed by atoms with Crippen molar-refractivity contribution in [3.05, 3.63) is 0 Å². The van der Waals surface area contributed by atoms with Gasteiger partial charge in [-0.2, -0.15) is 0 Å². The van der Waals surface area contributed by atoms with Crippen LogP contribution in [0.4, 0.5) is 0 Å². The van der Waals surface area contributed by atoms with E-state index in [1.54, 1.807) is 0 Å². The molecule has 0 aromatic carbocycles. The zero-order valence-electron chi connectivity index (χ0n) is 9.31. The van der Waals surface area contributed by atoms with Crippen molar-refractivity contribution in [3.8, 4) is 0 Å². The molecule has 0 radical (unpaired) electrons. The van der Waals surface area contributed by atoms with Gasteiger partial charge in [-0.05, 0) is 13.3 Å². The van der Waals surface area contributed by atoms with Gasteiger partial charge in [0.1, 0.15) is 0 Å². The lowest BCUT2D eigenvalue weighted by molar-refractivity contribution is -0.122. The van der Waals surface area contributed by atoms with E-state index < -0.39 is 0 Å². The maximum absolute atomic E-state index is 11.4. The van der Waals surface area contributed by atoms with Gasteiger partial charge in [-0.25, -0.2) is 0 Å². The summed E-state index contributed by atoms with van der Waals surface area (Å²) in [5.74, 6) is 0.0644. The first-order valence-electron chi connectivity index (χ1n) is 5.43. The van der Waals surface area contributed by atoms with Gasteiger partial charge in [-0.3, -0.25) is 4.79 Å². The average molecular weight is 201 g/mol. The third-order valence-corrected chi connectivity index (χ3v) is 2.07. The van der Waals surface area contributed by atoms with Crippen molar-refractivity contribution in [2.45, 2.75) is 39.2 Å². The lowest BCUT2D eigenvalue weighted by Gasteiger charge is -2.12. The molecular weight excluding hydrogens is 178 g/mol. The number of carbonyl (C=O) groups is 1. The first-order chi connectivity index (χ1) is 6.72. The maximum atomic E-state index is 11.4. The lowest BCUT2D eigenvalue weighted by Crippen LogP contribution is -2.44. The van der Waals surface area contributed by atoms with E-state index in [1.807, 2.05) is 6.92 Å². The van der Waals surface area contributed by atoms with Crippen LogP contribution in [0.3, 0.4) is 0 Å². The van der Waals surface area contributed by atoms with E-state index >= 15 is 0 Å². The van der Waals surface area contributed by atoms with Crippen LogP contribution in [0.15, 0.2) is 0 Å². The molecule has 0 heterocycles. The highest BCUT2D eigenvalue weighted by Gasteiger charge is 2.09. The molecule has 0 aliphatic carbocycles. The fourth-order valence-electron chi connectivity index (χ4n) is 1.13. The number of unbranched alkanes of at least 4 members (excludes halogenated alkanes) is 2. The summed E-state index contributed by atoms with van der Waals surface area (Å²) in [5.41, 5.74) is 5.32. The summed E-state index contributed by atoms with van der Waals surface area (Å²) < 4.78 is 0. The molecule has 84 valence electrons. The van der Waals surface area contributed by atoms with Crippen LogP contribution in [0.25, 0.3) is 0 Å². The second-order valence-electron chi connectivity index (χ2n) is 3.46. The molecule has 4 heteroatoms. The SMILES string of the molecule is CCCCCNC(=O)C(C)NCCN. The van der Waals surface area contributed by atoms with Crippen molar-refractivity contribution in [3.63, 3.8) is 0 Å². The molecule has 0 fully saturated rings. The van der Waals surface area contributed by atoms with E-state index in [-0.39, 0.29) is 11.9 Å². The molecule has 0 rings (SSSR count). The summed E-state index contributed by atoms with van der Waals surface area (Å²) in [6.07, 6.45) is 3.41. The van der Waals surface area contributed by atoms with Crippen molar-refractivity contribution < 1.29 is 4.79 Å². The third-order valence-electron chi connectivity index (χ3n) is 2.07. The van der Waals surface area contributed by atoms with Crippen molar-refractivity contribution in [1.29, 1.82) is 0 Å². The minimum Gasteiger partial charge on any atom is -0.355 e. The Balaban J connectivity index is 3.42. The molecule has 4 nitrogen and oxygen atoms in total. The fourth-order valence-corrected chi connectivity index (χ4v) is 1.13. The minimum atomic E-state index is -0.139. The van der Waals surface area contributed by atoms with Gasteiger partial charge in [-0.1, -0.05) is 19.8 Å². The average Bonchev–Trinajstić information content (AvgIpc) is 2.20. The number of rotatable bonds is 8. The van der Waals surface area contributed by atoms with Gasteiger partial charge in [0.25, 0.3) is 0 Å². The second kappa shape index (κ2) is 8.97. The van der Waals surface area contributed by atoms with Gasteiger partial charge >= 0.3 is 0 Å². The van der Waals surface area contributed by atoms with E-state index in [2.05, 4.69) is 17.6 Å². The Kier molecular flexibility index (Phi) is 8.57. The van der Waals surface area contributed by atoms with E-state index in [9.17, 15) is 4.79 Å².